The monoisotopic (exact) mass is 373 g/mol. The second kappa shape index (κ2) is 5.84. The van der Waals surface area contributed by atoms with Crippen LogP contribution < -0.4 is 0 Å². The van der Waals surface area contributed by atoms with Crippen molar-refractivity contribution in [1.82, 2.24) is 29.4 Å². The van der Waals surface area contributed by atoms with Gasteiger partial charge in [-0.2, -0.15) is 4.68 Å². The largest absolute Gasteiger partial charge is 0.465 e. The topological polar surface area (TPSA) is 130 Å². The predicted octanol–water partition coefficient (Wildman–Crippen LogP) is 1.59. The molecule has 0 amide bonds. The minimum absolute atomic E-state index is 0.171. The molecule has 4 rings (SSSR count). The SMILES string of the molecule is COC(=O)c1sc2ncn3nc(Cn4ccc([N+](=O)[O-])n4)nc3c2c1C. The molecule has 4 aromatic rings. The first-order chi connectivity index (χ1) is 12.5. The van der Waals surface area contributed by atoms with Crippen molar-refractivity contribution >= 4 is 39.0 Å². The number of thiophene rings is 1. The first kappa shape index (κ1) is 16.1. The van der Waals surface area contributed by atoms with Crippen LogP contribution in [0.2, 0.25) is 0 Å². The van der Waals surface area contributed by atoms with Gasteiger partial charge >= 0.3 is 11.8 Å². The molecule has 4 aromatic heterocycles. The van der Waals surface area contributed by atoms with Crippen LogP contribution in [0.4, 0.5) is 5.82 Å². The molecule has 11 nitrogen and oxygen atoms in total. The fourth-order valence-corrected chi connectivity index (χ4v) is 3.68. The van der Waals surface area contributed by atoms with Gasteiger partial charge in [-0.3, -0.25) is 0 Å². The molecule has 0 aliphatic heterocycles. The van der Waals surface area contributed by atoms with Gasteiger partial charge in [-0.15, -0.1) is 16.4 Å². The Morgan fingerprint density at radius 3 is 2.92 bits per heavy atom. The molecule has 0 saturated heterocycles. The fourth-order valence-electron chi connectivity index (χ4n) is 2.61. The number of carbonyl (C=O) groups is 1. The lowest BCUT2D eigenvalue weighted by atomic mass is 10.2. The van der Waals surface area contributed by atoms with E-state index in [2.05, 4.69) is 20.2 Å². The molecule has 0 aromatic carbocycles. The number of methoxy groups -OCH3 is 1. The van der Waals surface area contributed by atoms with Gasteiger partial charge in [0.15, 0.2) is 11.5 Å². The van der Waals surface area contributed by atoms with E-state index in [4.69, 9.17) is 4.74 Å². The molecular weight excluding hydrogens is 362 g/mol. The van der Waals surface area contributed by atoms with Gasteiger partial charge in [-0.1, -0.05) is 0 Å². The Hall–Kier alpha value is -3.41. The molecule has 0 bridgehead atoms. The van der Waals surface area contributed by atoms with Crippen LogP contribution in [0.1, 0.15) is 21.1 Å². The number of fused-ring (bicyclic) bond motifs is 3. The van der Waals surface area contributed by atoms with Gasteiger partial charge in [0.25, 0.3) is 0 Å². The Bertz CT molecular complexity index is 1180. The van der Waals surface area contributed by atoms with E-state index < -0.39 is 10.9 Å². The molecule has 0 N–H and O–H groups in total. The van der Waals surface area contributed by atoms with Gasteiger partial charge in [0.1, 0.15) is 22.6 Å². The van der Waals surface area contributed by atoms with Gasteiger partial charge in [0.2, 0.25) is 0 Å². The number of hydrogen-bond acceptors (Lipinski definition) is 9. The van der Waals surface area contributed by atoms with Crippen molar-refractivity contribution in [3.63, 3.8) is 0 Å². The lowest BCUT2D eigenvalue weighted by Crippen LogP contribution is -2.03. The highest BCUT2D eigenvalue weighted by Crippen LogP contribution is 2.32. The molecule has 0 fully saturated rings. The van der Waals surface area contributed by atoms with Crippen LogP contribution in [0.5, 0.6) is 0 Å². The fraction of sp³-hybridized carbons (Fsp3) is 0.214. The quantitative estimate of drug-likeness (QED) is 0.299. The summed E-state index contributed by atoms with van der Waals surface area (Å²) in [4.78, 5) is 32.0. The molecule has 4 heterocycles. The molecule has 12 heteroatoms. The van der Waals surface area contributed by atoms with Crippen LogP contribution in [0.25, 0.3) is 15.9 Å². The van der Waals surface area contributed by atoms with Gasteiger partial charge < -0.3 is 14.9 Å². The number of nitro groups is 1. The number of nitrogens with zero attached hydrogens (tertiary/aromatic N) is 7. The van der Waals surface area contributed by atoms with Crippen LogP contribution in [-0.2, 0) is 11.3 Å². The zero-order chi connectivity index (χ0) is 18.4. The van der Waals surface area contributed by atoms with Crippen molar-refractivity contribution in [3.05, 3.63) is 45.0 Å². The van der Waals surface area contributed by atoms with Gasteiger partial charge in [-0.25, -0.2) is 19.3 Å². The number of aryl methyl sites for hydroxylation is 1. The van der Waals surface area contributed by atoms with Gasteiger partial charge in [0.05, 0.1) is 29.9 Å². The van der Waals surface area contributed by atoms with Crippen molar-refractivity contribution in [2.45, 2.75) is 13.5 Å². The molecule has 0 aliphatic carbocycles. The Labute approximate surface area is 149 Å². The summed E-state index contributed by atoms with van der Waals surface area (Å²) < 4.78 is 7.70. The van der Waals surface area contributed by atoms with Crippen molar-refractivity contribution in [2.24, 2.45) is 0 Å². The van der Waals surface area contributed by atoms with E-state index in [0.29, 0.717) is 21.2 Å². The summed E-state index contributed by atoms with van der Waals surface area (Å²) in [5, 5.41) is 19.6. The predicted molar refractivity (Wildman–Crippen MR) is 90.2 cm³/mol. The first-order valence-corrected chi connectivity index (χ1v) is 8.19. The third-order valence-electron chi connectivity index (χ3n) is 3.80. The van der Waals surface area contributed by atoms with Crippen LogP contribution in [0.3, 0.4) is 0 Å². The first-order valence-electron chi connectivity index (χ1n) is 7.37. The average Bonchev–Trinajstić information content (AvgIpc) is 3.31. The zero-order valence-electron chi connectivity index (χ0n) is 13.6. The van der Waals surface area contributed by atoms with Crippen molar-refractivity contribution < 1.29 is 14.5 Å². The highest BCUT2D eigenvalue weighted by Gasteiger charge is 2.21. The normalized spacial score (nSPS) is 11.3. The molecule has 132 valence electrons. The maximum absolute atomic E-state index is 11.9. The second-order valence-corrected chi connectivity index (χ2v) is 6.40. The Balaban J connectivity index is 1.78. The summed E-state index contributed by atoms with van der Waals surface area (Å²) in [5.41, 5.74) is 1.28. The number of hydrogen-bond donors (Lipinski definition) is 0. The molecule has 0 unspecified atom stereocenters. The molecule has 26 heavy (non-hydrogen) atoms. The van der Waals surface area contributed by atoms with Crippen molar-refractivity contribution in [3.8, 4) is 0 Å². The summed E-state index contributed by atoms with van der Waals surface area (Å²) in [6.07, 6.45) is 3.00. The Kier molecular flexibility index (Phi) is 3.61. The minimum atomic E-state index is -0.565. The molecule has 0 atom stereocenters. The van der Waals surface area contributed by atoms with E-state index in [0.717, 1.165) is 10.9 Å². The minimum Gasteiger partial charge on any atom is -0.465 e. The summed E-state index contributed by atoms with van der Waals surface area (Å²) in [7, 11) is 1.33. The molecule has 0 radical (unpaired) electrons. The maximum atomic E-state index is 11.9. The number of ether oxygens (including phenoxy) is 1. The summed E-state index contributed by atoms with van der Waals surface area (Å²) in [5.74, 6) is -0.246. The summed E-state index contributed by atoms with van der Waals surface area (Å²) >= 11 is 1.23. The van der Waals surface area contributed by atoms with Crippen LogP contribution >= 0.6 is 11.3 Å². The molecule has 0 aliphatic rings. The Morgan fingerprint density at radius 1 is 1.42 bits per heavy atom. The van der Waals surface area contributed by atoms with Crippen LogP contribution in [-0.4, -0.2) is 47.4 Å². The standard InChI is InChI=1S/C14H11N7O4S/c1-7-10-12-16-8(5-19-4-3-9(18-19)21(23)24)17-20(12)6-15-13(10)26-11(7)14(22)25-2/h3-4,6H,5H2,1-2H3. The van der Waals surface area contributed by atoms with E-state index in [1.165, 1.54) is 46.2 Å². The van der Waals surface area contributed by atoms with E-state index in [9.17, 15) is 14.9 Å². The van der Waals surface area contributed by atoms with Gasteiger partial charge in [-0.05, 0) is 17.4 Å². The third kappa shape index (κ3) is 2.47. The highest BCUT2D eigenvalue weighted by molar-refractivity contribution is 7.20. The van der Waals surface area contributed by atoms with Crippen molar-refractivity contribution in [1.29, 1.82) is 0 Å². The lowest BCUT2D eigenvalue weighted by Gasteiger charge is -1.96. The molecular formula is C14H11N7O4S. The lowest BCUT2D eigenvalue weighted by molar-refractivity contribution is -0.389. The summed E-state index contributed by atoms with van der Waals surface area (Å²) in [6.45, 7) is 1.97. The van der Waals surface area contributed by atoms with E-state index in [-0.39, 0.29) is 12.4 Å². The van der Waals surface area contributed by atoms with E-state index in [1.54, 1.807) is 6.92 Å². The molecule has 0 spiro atoms. The zero-order valence-corrected chi connectivity index (χ0v) is 14.4. The van der Waals surface area contributed by atoms with Crippen LogP contribution in [0, 0.1) is 17.0 Å². The van der Waals surface area contributed by atoms with E-state index in [1.807, 2.05) is 0 Å². The number of esters is 1. The van der Waals surface area contributed by atoms with E-state index >= 15 is 0 Å². The molecule has 0 saturated carbocycles. The second-order valence-electron chi connectivity index (χ2n) is 5.40. The Morgan fingerprint density at radius 2 is 2.23 bits per heavy atom. The number of carbonyl (C=O) groups excluding carboxylic acids is 1. The maximum Gasteiger partial charge on any atom is 0.389 e. The smallest absolute Gasteiger partial charge is 0.389 e. The van der Waals surface area contributed by atoms with Crippen LogP contribution in [0.15, 0.2) is 18.6 Å². The summed E-state index contributed by atoms with van der Waals surface area (Å²) in [6, 6.07) is 1.31. The van der Waals surface area contributed by atoms with Gasteiger partial charge in [0, 0.05) is 0 Å². The van der Waals surface area contributed by atoms with Crippen molar-refractivity contribution in [2.75, 3.05) is 7.11 Å². The third-order valence-corrected chi connectivity index (χ3v) is 4.98. The number of aromatic nitrogens is 6. The number of rotatable bonds is 4. The average molecular weight is 373 g/mol. The highest BCUT2D eigenvalue weighted by atomic mass is 32.1.